The molecule has 2 atom stereocenters. The molecule has 0 saturated carbocycles. The minimum absolute atomic E-state index is 0.163. The first-order chi connectivity index (χ1) is 3.31. The fourth-order valence-corrected chi connectivity index (χ4v) is 0.549. The molecule has 0 aliphatic rings. The van der Waals surface area contributed by atoms with Crippen LogP contribution in [0, 0.1) is 0 Å². The van der Waals surface area contributed by atoms with Gasteiger partial charge in [0, 0.05) is 0 Å². The van der Waals surface area contributed by atoms with Gasteiger partial charge < -0.3 is 0 Å². The monoisotopic (exact) mass is 161 g/mol. The number of hydrogen-bond donors (Lipinski definition) is 0. The Morgan fingerprint density at radius 2 is 2.43 bits per heavy atom. The van der Waals surface area contributed by atoms with E-state index in [0.29, 0.717) is 0 Å². The molecule has 0 fully saturated rings. The van der Waals surface area contributed by atoms with Gasteiger partial charge in [-0.3, -0.25) is 0 Å². The Morgan fingerprint density at radius 3 is 2.57 bits per heavy atom. The van der Waals surface area contributed by atoms with E-state index >= 15 is 0 Å². The lowest BCUT2D eigenvalue weighted by atomic mass is 10.9. The predicted molar refractivity (Wildman–Crippen MR) is 30.4 cm³/mol. The van der Waals surface area contributed by atoms with E-state index in [1.165, 1.54) is 0 Å². The fourth-order valence-electron chi connectivity index (χ4n) is 0.0837. The van der Waals surface area contributed by atoms with Gasteiger partial charge in [-0.25, -0.2) is 0 Å². The van der Waals surface area contributed by atoms with Crippen LogP contribution >= 0.6 is 31.9 Å². The Labute approximate surface area is 53.0 Å². The van der Waals surface area contributed by atoms with Crippen LogP contribution in [0.5, 0.6) is 0 Å². The number of halogens is 2. The molecule has 42 valence electrons. The maximum Gasteiger partial charge on any atom is 0.495 e. The van der Waals surface area contributed by atoms with Crippen molar-refractivity contribution in [3.8, 4) is 0 Å². The summed E-state index contributed by atoms with van der Waals surface area (Å²) in [7, 11) is -0.821. The van der Waals surface area contributed by atoms with Crippen LogP contribution in [0.2, 0.25) is 0 Å². The van der Waals surface area contributed by atoms with Crippen LogP contribution in [0.25, 0.3) is 0 Å². The lowest BCUT2D eigenvalue weighted by Crippen LogP contribution is -1.97. The predicted octanol–water partition coefficient (Wildman–Crippen LogP) is 1.75. The van der Waals surface area contributed by atoms with Crippen molar-refractivity contribution in [3.63, 3.8) is 0 Å². The molecule has 2 nitrogen and oxygen atoms in total. The Kier molecular flexibility index (Phi) is 5.23. The minimum atomic E-state index is -0.821. The third-order valence-electron chi connectivity index (χ3n) is 0.297. The van der Waals surface area contributed by atoms with E-state index < -0.39 is 14.3 Å². The summed E-state index contributed by atoms with van der Waals surface area (Å²) in [5.74, 6) is 0.163. The van der Waals surface area contributed by atoms with E-state index in [1.807, 2.05) is 0 Å². The highest BCUT2D eigenvalue weighted by molar-refractivity contribution is 7.17. The van der Waals surface area contributed by atoms with Crippen LogP contribution in [0.4, 0.5) is 0 Å². The molecular weight excluding hydrogens is 158 g/mol. The second-order valence-corrected chi connectivity index (χ2v) is 1.96. The van der Waals surface area contributed by atoms with Crippen LogP contribution in [-0.4, -0.2) is 11.4 Å². The first-order valence-electron chi connectivity index (χ1n) is 1.54. The Bertz CT molecular complexity index is 59.7. The smallest absolute Gasteiger partial charge is 0.127 e. The van der Waals surface area contributed by atoms with E-state index in [1.54, 1.807) is 0 Å². The molecule has 0 rings (SSSR count). The molecule has 0 aliphatic carbocycles. The number of alkyl halides is 2. The first-order valence-corrected chi connectivity index (χ1v) is 3.33. The van der Waals surface area contributed by atoms with E-state index in [-0.39, 0.29) is 5.88 Å². The van der Waals surface area contributed by atoms with E-state index in [9.17, 15) is 4.57 Å². The van der Waals surface area contributed by atoms with Gasteiger partial charge in [0.25, 0.3) is 0 Å². The highest BCUT2D eigenvalue weighted by Crippen LogP contribution is 2.07. The molecular formula is C2H4Cl2O2P+. The van der Waals surface area contributed by atoms with Crippen molar-refractivity contribution in [2.24, 2.45) is 0 Å². The zero-order valence-corrected chi connectivity index (χ0v) is 5.87. The maximum absolute atomic E-state index is 9.56. The van der Waals surface area contributed by atoms with Crippen molar-refractivity contribution in [2.45, 2.75) is 5.56 Å². The van der Waals surface area contributed by atoms with Gasteiger partial charge in [-0.1, -0.05) is 11.6 Å². The molecule has 0 aromatic carbocycles. The summed E-state index contributed by atoms with van der Waals surface area (Å²) < 4.78 is 13.9. The summed E-state index contributed by atoms with van der Waals surface area (Å²) in [5.41, 5.74) is -0.613. The van der Waals surface area contributed by atoms with Gasteiger partial charge in [-0.15, -0.1) is 16.1 Å². The van der Waals surface area contributed by atoms with Gasteiger partial charge in [0.2, 0.25) is 0 Å². The number of hydrogen-bond acceptors (Lipinski definition) is 2. The van der Waals surface area contributed by atoms with Crippen molar-refractivity contribution < 1.29 is 9.09 Å². The summed E-state index contributed by atoms with van der Waals surface area (Å²) in [6.07, 6.45) is 0. The summed E-state index contributed by atoms with van der Waals surface area (Å²) in [6, 6.07) is 0. The quantitative estimate of drug-likeness (QED) is 0.466. The minimum Gasteiger partial charge on any atom is -0.127 e. The third kappa shape index (κ3) is 4.49. The highest BCUT2D eigenvalue weighted by Gasteiger charge is 2.05. The lowest BCUT2D eigenvalue weighted by Gasteiger charge is -1.87. The second kappa shape index (κ2) is 4.79. The molecule has 0 saturated heterocycles. The molecule has 2 unspecified atom stereocenters. The summed E-state index contributed by atoms with van der Waals surface area (Å²) in [5, 5.41) is 0. The first kappa shape index (κ1) is 7.64. The topological polar surface area (TPSA) is 26.3 Å². The standard InChI is InChI=1S/C2H4Cl2O2P/c3-1-2(4)6-7-5/h2,7H,1H2/q+1. The number of rotatable bonds is 3. The van der Waals surface area contributed by atoms with E-state index in [0.717, 1.165) is 0 Å². The van der Waals surface area contributed by atoms with Crippen molar-refractivity contribution in [2.75, 3.05) is 5.88 Å². The van der Waals surface area contributed by atoms with Gasteiger partial charge >= 0.3 is 8.69 Å². The average Bonchev–Trinajstić information content (AvgIpc) is 1.68. The van der Waals surface area contributed by atoms with Crippen LogP contribution in [-0.2, 0) is 9.09 Å². The van der Waals surface area contributed by atoms with Crippen molar-refractivity contribution >= 4 is 31.9 Å². The largest absolute Gasteiger partial charge is 0.495 e. The fraction of sp³-hybridized carbons (Fsp3) is 1.00. The summed E-state index contributed by atoms with van der Waals surface area (Å²) >= 11 is 10.4. The molecule has 0 aromatic heterocycles. The molecule has 7 heavy (non-hydrogen) atoms. The normalized spacial score (nSPS) is 14.6. The summed E-state index contributed by atoms with van der Waals surface area (Å²) in [6.45, 7) is 0. The van der Waals surface area contributed by atoms with Crippen molar-refractivity contribution in [1.29, 1.82) is 0 Å². The Morgan fingerprint density at radius 1 is 1.86 bits per heavy atom. The van der Waals surface area contributed by atoms with Crippen LogP contribution in [0.1, 0.15) is 0 Å². The van der Waals surface area contributed by atoms with Crippen LogP contribution in [0.3, 0.4) is 0 Å². The van der Waals surface area contributed by atoms with Crippen molar-refractivity contribution in [1.82, 2.24) is 0 Å². The Balaban J connectivity index is 2.98. The molecule has 0 bridgehead atoms. The molecule has 0 aliphatic heterocycles. The molecule has 0 aromatic rings. The zero-order valence-electron chi connectivity index (χ0n) is 3.36. The van der Waals surface area contributed by atoms with Gasteiger partial charge in [0.15, 0.2) is 5.56 Å². The van der Waals surface area contributed by atoms with Crippen LogP contribution < -0.4 is 0 Å². The van der Waals surface area contributed by atoms with Gasteiger partial charge in [0.05, 0.1) is 5.88 Å². The molecule has 0 radical (unpaired) electrons. The van der Waals surface area contributed by atoms with Gasteiger partial charge in [0.1, 0.15) is 0 Å². The zero-order chi connectivity index (χ0) is 5.70. The molecule has 5 heteroatoms. The van der Waals surface area contributed by atoms with Gasteiger partial charge in [-0.2, -0.15) is 0 Å². The molecule has 0 N–H and O–H groups in total. The van der Waals surface area contributed by atoms with E-state index in [2.05, 4.69) is 4.52 Å². The highest BCUT2D eigenvalue weighted by atomic mass is 35.5. The molecule has 0 heterocycles. The second-order valence-electron chi connectivity index (χ2n) is 0.766. The Hall–Kier alpha value is 0.640. The maximum atomic E-state index is 9.56. The SMILES string of the molecule is O=[PH+]OC(Cl)CCl. The van der Waals surface area contributed by atoms with Crippen molar-refractivity contribution in [3.05, 3.63) is 0 Å². The molecule has 0 amide bonds. The lowest BCUT2D eigenvalue weighted by molar-refractivity contribution is 0.330. The third-order valence-corrected chi connectivity index (χ3v) is 1.51. The van der Waals surface area contributed by atoms with Crippen LogP contribution in [0.15, 0.2) is 0 Å². The van der Waals surface area contributed by atoms with Gasteiger partial charge in [-0.05, 0) is 4.57 Å². The van der Waals surface area contributed by atoms with E-state index in [4.69, 9.17) is 23.2 Å². The average molecular weight is 162 g/mol. The summed E-state index contributed by atoms with van der Waals surface area (Å²) in [4.78, 5) is 0. The molecule has 0 spiro atoms.